The molecule has 0 bridgehead atoms. The molecule has 60 valence electrons. The third kappa shape index (κ3) is 1.07. The van der Waals surface area contributed by atoms with Crippen LogP contribution in [0.2, 0.25) is 0 Å². The van der Waals surface area contributed by atoms with Crippen LogP contribution in [0.25, 0.3) is 0 Å². The van der Waals surface area contributed by atoms with E-state index in [2.05, 4.69) is 34.6 Å². The van der Waals surface area contributed by atoms with Crippen LogP contribution >= 0.6 is 11.6 Å². The van der Waals surface area contributed by atoms with E-state index < -0.39 is 0 Å². The van der Waals surface area contributed by atoms with Crippen molar-refractivity contribution >= 4 is 11.6 Å². The largest absolute Gasteiger partial charge is 0.122 e. The van der Waals surface area contributed by atoms with Crippen molar-refractivity contribution in [1.82, 2.24) is 0 Å². The number of hydrogen-bond donors (Lipinski definition) is 0. The molecule has 0 amide bonds. The third-order valence-electron chi connectivity index (χ3n) is 2.63. The second-order valence-electron chi connectivity index (χ2n) is 5.07. The Morgan fingerprint density at radius 3 is 1.50 bits per heavy atom. The first kappa shape index (κ1) is 8.39. The van der Waals surface area contributed by atoms with Crippen LogP contribution in [-0.4, -0.2) is 5.38 Å². The first-order valence-corrected chi connectivity index (χ1v) is 4.35. The Bertz CT molecular complexity index is 131. The van der Waals surface area contributed by atoms with Gasteiger partial charge in [-0.3, -0.25) is 0 Å². The average molecular weight is 161 g/mol. The Balaban J connectivity index is 2.66. The molecule has 1 heteroatoms. The van der Waals surface area contributed by atoms with Crippen LogP contribution in [-0.2, 0) is 0 Å². The van der Waals surface area contributed by atoms with E-state index in [0.29, 0.717) is 22.1 Å². The zero-order valence-corrected chi connectivity index (χ0v) is 8.29. The van der Waals surface area contributed by atoms with Gasteiger partial charge in [0, 0.05) is 5.38 Å². The predicted molar refractivity (Wildman–Crippen MR) is 46.4 cm³/mol. The fourth-order valence-electron chi connectivity index (χ4n) is 2.13. The second kappa shape index (κ2) is 1.91. The zero-order chi connectivity index (χ0) is 8.15. The van der Waals surface area contributed by atoms with E-state index in [9.17, 15) is 0 Å². The maximum Gasteiger partial charge on any atom is 0.0429 e. The molecule has 0 aromatic carbocycles. The molecule has 0 spiro atoms. The molecule has 2 atom stereocenters. The molecular formula is C9H17Cl. The molecule has 0 aliphatic heterocycles. The Hall–Kier alpha value is 0.290. The Labute approximate surface area is 69.0 Å². The minimum absolute atomic E-state index is 0.375. The monoisotopic (exact) mass is 160 g/mol. The smallest absolute Gasteiger partial charge is 0.0429 e. The molecule has 0 aromatic rings. The highest BCUT2D eigenvalue weighted by atomic mass is 35.5. The van der Waals surface area contributed by atoms with E-state index in [0.717, 1.165) is 0 Å². The van der Waals surface area contributed by atoms with Crippen LogP contribution in [0.5, 0.6) is 0 Å². The van der Waals surface area contributed by atoms with Crippen molar-refractivity contribution in [3.63, 3.8) is 0 Å². The highest BCUT2D eigenvalue weighted by Gasteiger charge is 2.61. The fraction of sp³-hybridized carbons (Fsp3) is 1.00. The van der Waals surface area contributed by atoms with Gasteiger partial charge in [0.15, 0.2) is 0 Å². The standard InChI is InChI=1S/C9H17Cl/c1-8(2,3)6-7(10)9(6,4)5/h6-7H,1-5H3/t6-,7+/m0/s1. The summed E-state index contributed by atoms with van der Waals surface area (Å²) >= 11 is 6.13. The number of rotatable bonds is 0. The molecule has 1 rings (SSSR count). The van der Waals surface area contributed by atoms with Gasteiger partial charge in [-0.05, 0) is 16.7 Å². The first-order chi connectivity index (χ1) is 4.28. The van der Waals surface area contributed by atoms with E-state index in [4.69, 9.17) is 11.6 Å². The molecule has 1 fully saturated rings. The summed E-state index contributed by atoms with van der Waals surface area (Å²) in [6.45, 7) is 11.3. The Kier molecular flexibility index (Phi) is 1.60. The number of hydrogen-bond acceptors (Lipinski definition) is 0. The molecule has 1 saturated carbocycles. The lowest BCUT2D eigenvalue weighted by Crippen LogP contribution is -2.12. The van der Waals surface area contributed by atoms with Crippen molar-refractivity contribution < 1.29 is 0 Å². The van der Waals surface area contributed by atoms with Gasteiger partial charge < -0.3 is 0 Å². The van der Waals surface area contributed by atoms with E-state index in [-0.39, 0.29) is 0 Å². The summed E-state index contributed by atoms with van der Waals surface area (Å²) in [5, 5.41) is 0.396. The molecule has 0 heterocycles. The van der Waals surface area contributed by atoms with E-state index in [1.807, 2.05) is 0 Å². The molecule has 0 aromatic heterocycles. The lowest BCUT2D eigenvalue weighted by Gasteiger charge is -2.19. The van der Waals surface area contributed by atoms with Crippen molar-refractivity contribution in [2.75, 3.05) is 0 Å². The van der Waals surface area contributed by atoms with Crippen LogP contribution in [0.1, 0.15) is 34.6 Å². The van der Waals surface area contributed by atoms with E-state index >= 15 is 0 Å². The quantitative estimate of drug-likeness (QED) is 0.477. The maximum absolute atomic E-state index is 6.13. The van der Waals surface area contributed by atoms with Gasteiger partial charge >= 0.3 is 0 Å². The summed E-state index contributed by atoms with van der Waals surface area (Å²) in [6.07, 6.45) is 0. The summed E-state index contributed by atoms with van der Waals surface area (Å²) in [5.74, 6) is 0.696. The van der Waals surface area contributed by atoms with Gasteiger partial charge in [-0.2, -0.15) is 0 Å². The summed E-state index contributed by atoms with van der Waals surface area (Å²) in [5.41, 5.74) is 0.760. The van der Waals surface area contributed by atoms with Gasteiger partial charge in [0.25, 0.3) is 0 Å². The molecule has 0 saturated heterocycles. The van der Waals surface area contributed by atoms with Gasteiger partial charge in [0.05, 0.1) is 0 Å². The van der Waals surface area contributed by atoms with Crippen LogP contribution in [0.15, 0.2) is 0 Å². The predicted octanol–water partition coefficient (Wildman–Crippen LogP) is 3.30. The van der Waals surface area contributed by atoms with Crippen LogP contribution in [0, 0.1) is 16.7 Å². The lowest BCUT2D eigenvalue weighted by molar-refractivity contribution is 0.301. The third-order valence-corrected chi connectivity index (χ3v) is 3.44. The van der Waals surface area contributed by atoms with E-state index in [1.54, 1.807) is 0 Å². The average Bonchev–Trinajstić information content (AvgIpc) is 2.03. The maximum atomic E-state index is 6.13. The van der Waals surface area contributed by atoms with Gasteiger partial charge in [-0.25, -0.2) is 0 Å². The fourth-order valence-corrected chi connectivity index (χ4v) is 2.90. The van der Waals surface area contributed by atoms with Gasteiger partial charge in [0.1, 0.15) is 0 Å². The molecule has 10 heavy (non-hydrogen) atoms. The topological polar surface area (TPSA) is 0 Å². The van der Waals surface area contributed by atoms with Crippen molar-refractivity contribution in [2.45, 2.75) is 40.0 Å². The lowest BCUT2D eigenvalue weighted by atomic mass is 9.86. The highest BCUT2D eigenvalue weighted by Crippen LogP contribution is 2.63. The molecule has 0 nitrogen and oxygen atoms in total. The first-order valence-electron chi connectivity index (χ1n) is 3.92. The second-order valence-corrected chi connectivity index (χ2v) is 5.54. The van der Waals surface area contributed by atoms with Crippen LogP contribution in [0.4, 0.5) is 0 Å². The SMILES string of the molecule is CC(C)(C)[C@@H]1[C@@H](Cl)C1(C)C. The summed E-state index contributed by atoms with van der Waals surface area (Å²) in [7, 11) is 0. The number of halogens is 1. The van der Waals surface area contributed by atoms with Gasteiger partial charge in [-0.15, -0.1) is 11.6 Å². The van der Waals surface area contributed by atoms with Gasteiger partial charge in [0.2, 0.25) is 0 Å². The molecule has 0 N–H and O–H groups in total. The van der Waals surface area contributed by atoms with Crippen molar-refractivity contribution in [1.29, 1.82) is 0 Å². The number of alkyl halides is 1. The van der Waals surface area contributed by atoms with Crippen LogP contribution in [0.3, 0.4) is 0 Å². The molecular weight excluding hydrogens is 144 g/mol. The molecule has 0 radical (unpaired) electrons. The Morgan fingerprint density at radius 2 is 1.50 bits per heavy atom. The molecule has 1 aliphatic rings. The molecule has 1 aliphatic carbocycles. The normalized spacial score (nSPS) is 37.8. The summed E-state index contributed by atoms with van der Waals surface area (Å²) < 4.78 is 0. The van der Waals surface area contributed by atoms with Crippen molar-refractivity contribution in [3.8, 4) is 0 Å². The summed E-state index contributed by atoms with van der Waals surface area (Å²) in [4.78, 5) is 0. The molecule has 0 unspecified atom stereocenters. The highest BCUT2D eigenvalue weighted by molar-refractivity contribution is 6.23. The van der Waals surface area contributed by atoms with Gasteiger partial charge in [-0.1, -0.05) is 34.6 Å². The van der Waals surface area contributed by atoms with E-state index in [1.165, 1.54) is 0 Å². The van der Waals surface area contributed by atoms with Crippen LogP contribution < -0.4 is 0 Å². The Morgan fingerprint density at radius 1 is 1.20 bits per heavy atom. The van der Waals surface area contributed by atoms with Crippen molar-refractivity contribution in [2.24, 2.45) is 16.7 Å². The van der Waals surface area contributed by atoms with Crippen molar-refractivity contribution in [3.05, 3.63) is 0 Å². The minimum atomic E-state index is 0.375. The minimum Gasteiger partial charge on any atom is -0.122 e. The summed E-state index contributed by atoms with van der Waals surface area (Å²) in [6, 6.07) is 0. The zero-order valence-electron chi connectivity index (χ0n) is 7.53.